The summed E-state index contributed by atoms with van der Waals surface area (Å²) in [5, 5.41) is 3.15. The van der Waals surface area contributed by atoms with Crippen molar-refractivity contribution in [3.05, 3.63) is 53.6 Å². The first-order chi connectivity index (χ1) is 17.8. The van der Waals surface area contributed by atoms with Crippen molar-refractivity contribution in [1.82, 2.24) is 10.2 Å². The maximum atomic E-state index is 13.1. The van der Waals surface area contributed by atoms with Gasteiger partial charge in [-0.3, -0.25) is 9.69 Å². The third-order valence-electron chi connectivity index (χ3n) is 7.81. The van der Waals surface area contributed by atoms with Gasteiger partial charge in [0.15, 0.2) is 0 Å². The number of hydrogen-bond donors (Lipinski definition) is 1. The summed E-state index contributed by atoms with van der Waals surface area (Å²) in [5.74, 6) is 0.915. The molecule has 0 bridgehead atoms. The number of halogens is 3. The first-order valence-corrected chi connectivity index (χ1v) is 13.2. The average Bonchev–Trinajstić information content (AvgIpc) is 2.90. The number of nitrogens with one attached hydrogen (secondary N) is 1. The Morgan fingerprint density at radius 1 is 1.08 bits per heavy atom. The molecule has 200 valence electrons. The zero-order chi connectivity index (χ0) is 26.0. The van der Waals surface area contributed by atoms with Gasteiger partial charge in [0, 0.05) is 45.0 Å². The van der Waals surface area contributed by atoms with Crippen LogP contribution in [0.25, 0.3) is 0 Å². The van der Waals surface area contributed by atoms with Gasteiger partial charge in [0.25, 0.3) is 0 Å². The highest BCUT2D eigenvalue weighted by molar-refractivity contribution is 5.81. The summed E-state index contributed by atoms with van der Waals surface area (Å²) in [7, 11) is 0. The third-order valence-corrected chi connectivity index (χ3v) is 7.81. The second-order valence-electron chi connectivity index (χ2n) is 10.3. The molecular weight excluding hydrogens is 481 g/mol. The zero-order valence-corrected chi connectivity index (χ0v) is 21.3. The quantitative estimate of drug-likeness (QED) is 0.580. The molecule has 3 aliphatic heterocycles. The minimum Gasteiger partial charge on any atom is -0.489 e. The van der Waals surface area contributed by atoms with Crippen molar-refractivity contribution in [1.29, 1.82) is 0 Å². The molecule has 0 radical (unpaired) electrons. The van der Waals surface area contributed by atoms with Gasteiger partial charge in [-0.25, -0.2) is 0 Å². The highest BCUT2D eigenvalue weighted by Crippen LogP contribution is 2.39. The van der Waals surface area contributed by atoms with Crippen LogP contribution in [0.15, 0.2) is 42.5 Å². The van der Waals surface area contributed by atoms with Crippen molar-refractivity contribution in [3.63, 3.8) is 0 Å². The molecule has 37 heavy (non-hydrogen) atoms. The molecule has 2 aromatic rings. The molecule has 3 aliphatic rings. The lowest BCUT2D eigenvalue weighted by atomic mass is 9.87. The number of anilines is 2. The van der Waals surface area contributed by atoms with E-state index in [2.05, 4.69) is 34.2 Å². The molecule has 2 saturated heterocycles. The van der Waals surface area contributed by atoms with Gasteiger partial charge in [-0.1, -0.05) is 12.1 Å². The Labute approximate surface area is 216 Å². The van der Waals surface area contributed by atoms with Gasteiger partial charge in [-0.2, -0.15) is 13.2 Å². The number of alkyl halides is 3. The average molecular weight is 517 g/mol. The second-order valence-corrected chi connectivity index (χ2v) is 10.3. The van der Waals surface area contributed by atoms with E-state index >= 15 is 0 Å². The van der Waals surface area contributed by atoms with E-state index in [9.17, 15) is 18.0 Å². The Bertz CT molecular complexity index is 1100. The highest BCUT2D eigenvalue weighted by atomic mass is 19.4. The number of carbonyl (C=O) groups is 1. The van der Waals surface area contributed by atoms with Crippen molar-refractivity contribution in [3.8, 4) is 5.75 Å². The van der Waals surface area contributed by atoms with E-state index in [1.807, 2.05) is 11.0 Å². The summed E-state index contributed by atoms with van der Waals surface area (Å²) >= 11 is 0. The van der Waals surface area contributed by atoms with E-state index in [4.69, 9.17) is 4.74 Å². The number of fused-ring (bicyclic) bond motifs is 3. The predicted octanol–water partition coefficient (Wildman–Crippen LogP) is 4.32. The fraction of sp³-hybridized carbons (Fsp3) is 0.536. The van der Waals surface area contributed by atoms with Crippen LogP contribution in [-0.4, -0.2) is 69.3 Å². The minimum absolute atomic E-state index is 0.0620. The number of piperidine rings is 1. The van der Waals surface area contributed by atoms with Gasteiger partial charge in [0.05, 0.1) is 23.2 Å². The molecule has 5 rings (SSSR count). The lowest BCUT2D eigenvalue weighted by Crippen LogP contribution is -2.55. The molecule has 3 heterocycles. The molecule has 0 aromatic heterocycles. The van der Waals surface area contributed by atoms with Crippen molar-refractivity contribution in [2.24, 2.45) is 5.92 Å². The van der Waals surface area contributed by atoms with Gasteiger partial charge in [0.2, 0.25) is 5.91 Å². The maximum Gasteiger partial charge on any atom is 0.416 e. The largest absolute Gasteiger partial charge is 0.489 e. The smallest absolute Gasteiger partial charge is 0.416 e. The molecule has 2 atom stereocenters. The fourth-order valence-corrected chi connectivity index (χ4v) is 5.77. The van der Waals surface area contributed by atoms with Crippen LogP contribution in [0.1, 0.15) is 30.4 Å². The van der Waals surface area contributed by atoms with E-state index in [0.717, 1.165) is 62.9 Å². The monoisotopic (exact) mass is 516 g/mol. The number of benzene rings is 2. The summed E-state index contributed by atoms with van der Waals surface area (Å²) in [6.45, 7) is 7.98. The Balaban J connectivity index is 1.06. The molecule has 2 aromatic carbocycles. The number of rotatable bonds is 6. The Morgan fingerprint density at radius 2 is 1.89 bits per heavy atom. The van der Waals surface area contributed by atoms with Crippen molar-refractivity contribution in [2.75, 3.05) is 62.2 Å². The highest BCUT2D eigenvalue weighted by Gasteiger charge is 2.40. The van der Waals surface area contributed by atoms with Gasteiger partial charge < -0.3 is 19.9 Å². The SMILES string of the molecule is Cc1ccc2c(c1)N1CCCC(C(=O)NCCCN3CCN(c4cccc(C(F)(F)F)c4)CC3)C1CO2. The van der Waals surface area contributed by atoms with Crippen LogP contribution >= 0.6 is 0 Å². The van der Waals surface area contributed by atoms with Gasteiger partial charge >= 0.3 is 6.18 Å². The molecule has 9 heteroatoms. The summed E-state index contributed by atoms with van der Waals surface area (Å²) < 4.78 is 45.1. The van der Waals surface area contributed by atoms with Crippen LogP contribution in [0.3, 0.4) is 0 Å². The number of carbonyl (C=O) groups excluding carboxylic acids is 1. The molecule has 0 aliphatic carbocycles. The maximum absolute atomic E-state index is 13.1. The Morgan fingerprint density at radius 3 is 2.68 bits per heavy atom. The predicted molar refractivity (Wildman–Crippen MR) is 138 cm³/mol. The Hall–Kier alpha value is -2.94. The van der Waals surface area contributed by atoms with Gasteiger partial charge in [-0.05, 0) is 68.6 Å². The van der Waals surface area contributed by atoms with Crippen molar-refractivity contribution in [2.45, 2.75) is 38.4 Å². The summed E-state index contributed by atoms with van der Waals surface area (Å²) in [4.78, 5) is 19.8. The molecule has 1 amide bonds. The summed E-state index contributed by atoms with van der Waals surface area (Å²) in [5.41, 5.74) is 2.29. The number of piperazine rings is 1. The van der Waals surface area contributed by atoms with Crippen molar-refractivity contribution < 1.29 is 22.7 Å². The van der Waals surface area contributed by atoms with Crippen LogP contribution in [0.2, 0.25) is 0 Å². The molecule has 1 N–H and O–H groups in total. The zero-order valence-electron chi connectivity index (χ0n) is 21.3. The molecule has 0 saturated carbocycles. The van der Waals surface area contributed by atoms with E-state index in [-0.39, 0.29) is 17.9 Å². The fourth-order valence-electron chi connectivity index (χ4n) is 5.77. The lowest BCUT2D eigenvalue weighted by molar-refractivity contribution is -0.137. The van der Waals surface area contributed by atoms with Crippen LogP contribution in [0.4, 0.5) is 24.5 Å². The van der Waals surface area contributed by atoms with Crippen LogP contribution in [0.5, 0.6) is 5.75 Å². The number of hydrogen-bond acceptors (Lipinski definition) is 5. The molecule has 2 fully saturated rings. The van der Waals surface area contributed by atoms with Crippen LogP contribution < -0.4 is 19.9 Å². The Kier molecular flexibility index (Phi) is 7.51. The van der Waals surface area contributed by atoms with Crippen LogP contribution in [-0.2, 0) is 11.0 Å². The lowest BCUT2D eigenvalue weighted by Gasteiger charge is -2.45. The summed E-state index contributed by atoms with van der Waals surface area (Å²) in [6, 6.07) is 11.8. The first-order valence-electron chi connectivity index (χ1n) is 13.2. The molecule has 0 spiro atoms. The number of aryl methyl sites for hydroxylation is 1. The minimum atomic E-state index is -4.33. The van der Waals surface area contributed by atoms with E-state index in [1.165, 1.54) is 17.7 Å². The van der Waals surface area contributed by atoms with Crippen LogP contribution in [0, 0.1) is 12.8 Å². The van der Waals surface area contributed by atoms with E-state index < -0.39 is 11.7 Å². The molecular formula is C28H35F3N4O2. The number of nitrogens with zero attached hydrogens (tertiary/aromatic N) is 3. The van der Waals surface area contributed by atoms with E-state index in [1.54, 1.807) is 6.07 Å². The normalized spacial score (nSPS) is 22.2. The number of amides is 1. The van der Waals surface area contributed by atoms with E-state index in [0.29, 0.717) is 31.9 Å². The summed E-state index contributed by atoms with van der Waals surface area (Å²) in [6.07, 6.45) is -1.63. The van der Waals surface area contributed by atoms with Gasteiger partial charge in [0.1, 0.15) is 12.4 Å². The topological polar surface area (TPSA) is 48.1 Å². The van der Waals surface area contributed by atoms with Crippen molar-refractivity contribution >= 4 is 17.3 Å². The van der Waals surface area contributed by atoms with Gasteiger partial charge in [-0.15, -0.1) is 0 Å². The number of ether oxygens (including phenoxy) is 1. The standard InChI is InChI=1S/C28H35F3N4O2/c1-20-8-9-26-24(17-20)35-12-3-7-23(25(35)19-37-26)27(36)32-10-4-11-33-13-15-34(16-14-33)22-6-2-5-21(18-22)28(29,30)31/h2,5-6,8-9,17-18,23,25H,3-4,7,10-16,19H2,1H3,(H,32,36). The molecule has 2 unspecified atom stereocenters. The third kappa shape index (κ3) is 5.81. The first kappa shape index (κ1) is 25.7. The molecule has 6 nitrogen and oxygen atoms in total. The second kappa shape index (κ2) is 10.8.